The summed E-state index contributed by atoms with van der Waals surface area (Å²) in [6, 6.07) is 0.853. The van der Waals surface area contributed by atoms with Gasteiger partial charge in [-0.15, -0.1) is 0 Å². The van der Waals surface area contributed by atoms with Gasteiger partial charge in [0, 0.05) is 19.1 Å². The van der Waals surface area contributed by atoms with Gasteiger partial charge in [0.2, 0.25) is 0 Å². The van der Waals surface area contributed by atoms with Crippen molar-refractivity contribution in [3.63, 3.8) is 0 Å². The average molecular weight is 416 g/mol. The second-order valence-electron chi connectivity index (χ2n) is 13.1. The van der Waals surface area contributed by atoms with E-state index in [1.807, 2.05) is 0 Å². The van der Waals surface area contributed by atoms with Crippen LogP contribution in [0.1, 0.15) is 78.6 Å². The maximum atomic E-state index is 11.2. The molecule has 170 valence electrons. The molecule has 0 bridgehead atoms. The highest BCUT2D eigenvalue weighted by Crippen LogP contribution is 2.67. The third-order valence-corrected chi connectivity index (χ3v) is 12.0. The molecule has 3 heteroatoms. The fourth-order valence-electron chi connectivity index (χ4n) is 10.6. The number of aliphatic hydroxyl groups excluding tert-OH is 2. The number of piperidine rings is 2. The topological polar surface area (TPSA) is 43.7 Å². The SMILES string of the molecule is C[C@@H]1CC[C@@H]2[C@@H](C)[C@H]3CC[C@H]4[C@@H](C[C@H]5[C@H]4C[C@H](O)[C@@H]4C[C@H](O)CC[C@@]54C)[C@H]3CN2C1. The predicted molar refractivity (Wildman–Crippen MR) is 120 cm³/mol. The zero-order valence-corrected chi connectivity index (χ0v) is 19.5. The number of rotatable bonds is 0. The van der Waals surface area contributed by atoms with E-state index in [4.69, 9.17) is 0 Å². The summed E-state index contributed by atoms with van der Waals surface area (Å²) in [5, 5.41) is 21.5. The van der Waals surface area contributed by atoms with Gasteiger partial charge < -0.3 is 10.2 Å². The Kier molecular flexibility index (Phi) is 4.91. The Balaban J connectivity index is 1.28. The molecule has 0 aromatic heterocycles. The second-order valence-corrected chi connectivity index (χ2v) is 13.1. The number of fused-ring (bicyclic) bond motifs is 8. The van der Waals surface area contributed by atoms with E-state index in [9.17, 15) is 10.2 Å². The molecule has 4 saturated carbocycles. The molecular weight excluding hydrogens is 370 g/mol. The highest BCUT2D eigenvalue weighted by Gasteiger charge is 2.62. The van der Waals surface area contributed by atoms with Crippen molar-refractivity contribution in [2.75, 3.05) is 13.1 Å². The van der Waals surface area contributed by atoms with Crippen LogP contribution < -0.4 is 0 Å². The third kappa shape index (κ3) is 2.86. The van der Waals surface area contributed by atoms with Crippen molar-refractivity contribution in [3.05, 3.63) is 0 Å². The standard InChI is InChI=1S/C27H45NO2/c1-15-4-7-25-16(2)18-5-6-19-20(22(18)14-28(25)13-15)11-23-21(19)12-26(30)24-10-17(29)8-9-27(23,24)3/h15-26,29-30H,4-14H2,1-3H3/t15-,16+,17-,18-,19+,20-,21+,22+,23+,24+,25-,26+,27+/m1/s1. The van der Waals surface area contributed by atoms with Gasteiger partial charge in [-0.25, -0.2) is 0 Å². The number of aliphatic hydroxyl groups is 2. The molecule has 6 fully saturated rings. The van der Waals surface area contributed by atoms with Crippen LogP contribution in [0.2, 0.25) is 0 Å². The van der Waals surface area contributed by atoms with Crippen LogP contribution in [0.5, 0.6) is 0 Å². The molecule has 0 aromatic rings. The zero-order chi connectivity index (χ0) is 20.8. The van der Waals surface area contributed by atoms with Crippen LogP contribution in [0.3, 0.4) is 0 Å². The van der Waals surface area contributed by atoms with Gasteiger partial charge in [0.05, 0.1) is 12.2 Å². The van der Waals surface area contributed by atoms with Gasteiger partial charge in [-0.05, 0) is 116 Å². The molecule has 0 unspecified atom stereocenters. The highest BCUT2D eigenvalue weighted by molar-refractivity contribution is 5.12. The molecule has 0 radical (unpaired) electrons. The Labute approximate surface area is 184 Å². The van der Waals surface area contributed by atoms with E-state index in [0.717, 1.165) is 79.1 Å². The minimum Gasteiger partial charge on any atom is -0.393 e. The third-order valence-electron chi connectivity index (χ3n) is 12.0. The van der Waals surface area contributed by atoms with E-state index in [0.29, 0.717) is 5.92 Å². The zero-order valence-electron chi connectivity index (χ0n) is 19.5. The van der Waals surface area contributed by atoms with Crippen molar-refractivity contribution in [2.45, 2.75) is 96.8 Å². The Morgan fingerprint density at radius 2 is 1.53 bits per heavy atom. The monoisotopic (exact) mass is 415 g/mol. The number of hydrogen-bond donors (Lipinski definition) is 2. The summed E-state index contributed by atoms with van der Waals surface area (Å²) in [6.07, 6.45) is 10.7. The smallest absolute Gasteiger partial charge is 0.0577 e. The van der Waals surface area contributed by atoms with Crippen LogP contribution >= 0.6 is 0 Å². The molecule has 2 saturated heterocycles. The van der Waals surface area contributed by atoms with Crippen LogP contribution in [0.25, 0.3) is 0 Å². The first-order valence-electron chi connectivity index (χ1n) is 13.5. The lowest BCUT2D eigenvalue weighted by molar-refractivity contribution is -0.130. The Morgan fingerprint density at radius 3 is 2.37 bits per heavy atom. The fraction of sp³-hybridized carbons (Fsp3) is 1.00. The first-order valence-corrected chi connectivity index (χ1v) is 13.5. The molecule has 2 aliphatic heterocycles. The molecular formula is C27H45NO2. The molecule has 13 atom stereocenters. The summed E-state index contributed by atoms with van der Waals surface area (Å²) in [5.41, 5.74) is 0.261. The summed E-state index contributed by atoms with van der Waals surface area (Å²) in [5.74, 6) is 7.22. The van der Waals surface area contributed by atoms with Gasteiger partial charge in [-0.1, -0.05) is 20.8 Å². The fourth-order valence-corrected chi connectivity index (χ4v) is 10.6. The van der Waals surface area contributed by atoms with E-state index >= 15 is 0 Å². The molecule has 0 aromatic carbocycles. The number of hydrogen-bond acceptors (Lipinski definition) is 3. The summed E-state index contributed by atoms with van der Waals surface area (Å²) in [6.45, 7) is 10.3. The van der Waals surface area contributed by atoms with Gasteiger partial charge >= 0.3 is 0 Å². The second kappa shape index (κ2) is 7.19. The Hall–Kier alpha value is -0.120. The van der Waals surface area contributed by atoms with Crippen LogP contribution in [0, 0.1) is 58.7 Å². The largest absolute Gasteiger partial charge is 0.393 e. The lowest BCUT2D eigenvalue weighted by Gasteiger charge is -2.56. The minimum atomic E-state index is -0.181. The van der Waals surface area contributed by atoms with Crippen LogP contribution in [0.15, 0.2) is 0 Å². The van der Waals surface area contributed by atoms with Gasteiger partial charge in [0.1, 0.15) is 0 Å². The molecule has 0 spiro atoms. The molecule has 0 amide bonds. The lowest BCUT2D eigenvalue weighted by Crippen LogP contribution is -2.58. The Bertz CT molecular complexity index is 665. The average Bonchev–Trinajstić information content (AvgIpc) is 3.09. The van der Waals surface area contributed by atoms with Gasteiger partial charge in [0.25, 0.3) is 0 Å². The maximum Gasteiger partial charge on any atom is 0.0577 e. The predicted octanol–water partition coefficient (Wildman–Crippen LogP) is 4.56. The molecule has 4 aliphatic carbocycles. The van der Waals surface area contributed by atoms with Gasteiger partial charge in [0.15, 0.2) is 0 Å². The van der Waals surface area contributed by atoms with Crippen molar-refractivity contribution >= 4 is 0 Å². The van der Waals surface area contributed by atoms with E-state index < -0.39 is 0 Å². The minimum absolute atomic E-state index is 0.180. The van der Waals surface area contributed by atoms with Crippen LogP contribution in [-0.2, 0) is 0 Å². The van der Waals surface area contributed by atoms with E-state index in [1.54, 1.807) is 0 Å². The summed E-state index contributed by atoms with van der Waals surface area (Å²) in [4.78, 5) is 2.92. The molecule has 2 N–H and O–H groups in total. The normalized spacial score (nSPS) is 60.7. The van der Waals surface area contributed by atoms with E-state index in [-0.39, 0.29) is 17.6 Å². The number of nitrogens with zero attached hydrogens (tertiary/aromatic N) is 1. The van der Waals surface area contributed by atoms with Crippen LogP contribution in [-0.4, -0.2) is 46.5 Å². The van der Waals surface area contributed by atoms with Crippen LogP contribution in [0.4, 0.5) is 0 Å². The lowest BCUT2D eigenvalue weighted by atomic mass is 9.51. The molecule has 3 nitrogen and oxygen atoms in total. The van der Waals surface area contributed by atoms with Crippen molar-refractivity contribution < 1.29 is 10.2 Å². The first-order chi connectivity index (χ1) is 14.4. The van der Waals surface area contributed by atoms with Crippen molar-refractivity contribution in [1.29, 1.82) is 0 Å². The maximum absolute atomic E-state index is 11.2. The highest BCUT2D eigenvalue weighted by atomic mass is 16.3. The molecule has 30 heavy (non-hydrogen) atoms. The Morgan fingerprint density at radius 1 is 0.733 bits per heavy atom. The molecule has 6 rings (SSSR count). The van der Waals surface area contributed by atoms with E-state index in [1.165, 1.54) is 45.2 Å². The summed E-state index contributed by atoms with van der Waals surface area (Å²) < 4.78 is 0. The summed E-state index contributed by atoms with van der Waals surface area (Å²) >= 11 is 0. The first kappa shape index (κ1) is 20.5. The van der Waals surface area contributed by atoms with Crippen molar-refractivity contribution in [1.82, 2.24) is 4.90 Å². The van der Waals surface area contributed by atoms with Crippen molar-refractivity contribution in [2.24, 2.45) is 58.7 Å². The molecule has 6 aliphatic rings. The molecule has 2 heterocycles. The van der Waals surface area contributed by atoms with Gasteiger partial charge in [-0.2, -0.15) is 0 Å². The summed E-state index contributed by atoms with van der Waals surface area (Å²) in [7, 11) is 0. The quantitative estimate of drug-likeness (QED) is 0.609. The van der Waals surface area contributed by atoms with Gasteiger partial charge in [-0.3, -0.25) is 4.90 Å². The van der Waals surface area contributed by atoms with Crippen molar-refractivity contribution in [3.8, 4) is 0 Å². The van der Waals surface area contributed by atoms with E-state index in [2.05, 4.69) is 25.7 Å².